The number of carbonyl (C=O) groups is 1. The standard InChI is InChI=1S/C11H11N5OS/c1-6(17)16(3)10-7-9(15(2)4-12-7)8-11(14-10)18-5-13-8/h4-5H,1-3H3. The van der Waals surface area contributed by atoms with Crippen LogP contribution in [0.3, 0.4) is 0 Å². The van der Waals surface area contributed by atoms with Gasteiger partial charge >= 0.3 is 0 Å². The van der Waals surface area contributed by atoms with Gasteiger partial charge in [0, 0.05) is 21.0 Å². The molecule has 0 atom stereocenters. The molecule has 3 heterocycles. The molecule has 92 valence electrons. The third-order valence-corrected chi connectivity index (χ3v) is 3.64. The molecular weight excluding hydrogens is 250 g/mol. The summed E-state index contributed by atoms with van der Waals surface area (Å²) in [4.78, 5) is 27.0. The maximum absolute atomic E-state index is 11.5. The van der Waals surface area contributed by atoms with Gasteiger partial charge in [0.25, 0.3) is 0 Å². The van der Waals surface area contributed by atoms with Crippen molar-refractivity contribution >= 4 is 44.4 Å². The molecule has 0 bridgehead atoms. The number of thiazole rings is 1. The van der Waals surface area contributed by atoms with Crippen LogP contribution in [0.2, 0.25) is 0 Å². The van der Waals surface area contributed by atoms with Crippen LogP contribution in [0.15, 0.2) is 11.8 Å². The Kier molecular flexibility index (Phi) is 2.30. The smallest absolute Gasteiger partial charge is 0.224 e. The van der Waals surface area contributed by atoms with Crippen molar-refractivity contribution in [2.45, 2.75) is 6.92 Å². The molecule has 0 aliphatic rings. The maximum atomic E-state index is 11.5. The Morgan fingerprint density at radius 3 is 2.89 bits per heavy atom. The lowest BCUT2D eigenvalue weighted by Crippen LogP contribution is -2.24. The number of nitrogens with zero attached hydrogens (tertiary/aromatic N) is 5. The predicted octanol–water partition coefficient (Wildman–Crippen LogP) is 1.56. The molecule has 0 saturated heterocycles. The molecule has 6 nitrogen and oxygen atoms in total. The Bertz CT molecular complexity index is 759. The van der Waals surface area contributed by atoms with Gasteiger partial charge in [-0.15, -0.1) is 11.3 Å². The number of pyridine rings is 1. The van der Waals surface area contributed by atoms with Crippen molar-refractivity contribution in [2.75, 3.05) is 11.9 Å². The molecule has 0 fully saturated rings. The van der Waals surface area contributed by atoms with Gasteiger partial charge in [0.15, 0.2) is 5.82 Å². The van der Waals surface area contributed by atoms with E-state index in [1.54, 1.807) is 18.9 Å². The summed E-state index contributed by atoms with van der Waals surface area (Å²) in [5.74, 6) is 0.508. The molecule has 3 aromatic heterocycles. The SMILES string of the molecule is CC(=O)N(C)c1nc2scnc2c2c1ncn2C. The lowest BCUT2D eigenvalue weighted by molar-refractivity contribution is -0.116. The van der Waals surface area contributed by atoms with Crippen LogP contribution in [0.25, 0.3) is 21.4 Å². The van der Waals surface area contributed by atoms with Gasteiger partial charge < -0.3 is 4.57 Å². The molecule has 0 spiro atoms. The van der Waals surface area contributed by atoms with Crippen LogP contribution in [-0.2, 0) is 11.8 Å². The second-order valence-electron chi connectivity index (χ2n) is 4.07. The van der Waals surface area contributed by atoms with Gasteiger partial charge in [0.2, 0.25) is 5.91 Å². The van der Waals surface area contributed by atoms with Crippen molar-refractivity contribution in [3.63, 3.8) is 0 Å². The first-order valence-electron chi connectivity index (χ1n) is 5.38. The molecule has 0 aromatic carbocycles. The summed E-state index contributed by atoms with van der Waals surface area (Å²) in [7, 11) is 3.61. The maximum Gasteiger partial charge on any atom is 0.224 e. The summed E-state index contributed by atoms with van der Waals surface area (Å²) >= 11 is 1.46. The first kappa shape index (κ1) is 11.1. The van der Waals surface area contributed by atoms with E-state index in [9.17, 15) is 4.79 Å². The van der Waals surface area contributed by atoms with Crippen molar-refractivity contribution in [1.82, 2.24) is 19.5 Å². The van der Waals surface area contributed by atoms with Gasteiger partial charge in [-0.25, -0.2) is 15.0 Å². The fourth-order valence-electron chi connectivity index (χ4n) is 1.89. The van der Waals surface area contributed by atoms with E-state index in [-0.39, 0.29) is 5.91 Å². The molecular formula is C11H11N5OS. The van der Waals surface area contributed by atoms with Crippen LogP contribution in [0.4, 0.5) is 5.82 Å². The number of amides is 1. The number of rotatable bonds is 1. The summed E-state index contributed by atoms with van der Waals surface area (Å²) in [6.45, 7) is 1.51. The predicted molar refractivity (Wildman–Crippen MR) is 70.8 cm³/mol. The Labute approximate surface area is 107 Å². The zero-order chi connectivity index (χ0) is 12.9. The highest BCUT2D eigenvalue weighted by Gasteiger charge is 2.18. The minimum atomic E-state index is -0.0710. The van der Waals surface area contributed by atoms with Crippen LogP contribution in [-0.4, -0.2) is 32.5 Å². The van der Waals surface area contributed by atoms with Gasteiger partial charge in [0.05, 0.1) is 11.8 Å². The van der Waals surface area contributed by atoms with Crippen molar-refractivity contribution in [2.24, 2.45) is 7.05 Å². The Morgan fingerprint density at radius 2 is 2.17 bits per heavy atom. The van der Waals surface area contributed by atoms with Crippen molar-refractivity contribution in [3.05, 3.63) is 11.8 Å². The number of hydrogen-bond acceptors (Lipinski definition) is 5. The zero-order valence-electron chi connectivity index (χ0n) is 10.2. The van der Waals surface area contributed by atoms with Gasteiger partial charge in [0.1, 0.15) is 21.4 Å². The van der Waals surface area contributed by atoms with Crippen LogP contribution in [0, 0.1) is 0 Å². The van der Waals surface area contributed by atoms with E-state index in [0.29, 0.717) is 11.3 Å². The topological polar surface area (TPSA) is 63.9 Å². The highest BCUT2D eigenvalue weighted by atomic mass is 32.1. The number of carbonyl (C=O) groups excluding carboxylic acids is 1. The van der Waals surface area contributed by atoms with E-state index < -0.39 is 0 Å². The van der Waals surface area contributed by atoms with E-state index in [2.05, 4.69) is 15.0 Å². The Hall–Kier alpha value is -2.02. The lowest BCUT2D eigenvalue weighted by Gasteiger charge is -2.14. The number of aromatic nitrogens is 4. The van der Waals surface area contributed by atoms with Gasteiger partial charge in [-0.1, -0.05) is 0 Å². The molecule has 3 rings (SSSR count). The second kappa shape index (κ2) is 3.74. The number of aryl methyl sites for hydroxylation is 1. The third kappa shape index (κ3) is 1.40. The quantitative estimate of drug-likeness (QED) is 0.667. The molecule has 0 unspecified atom stereocenters. The van der Waals surface area contributed by atoms with Crippen LogP contribution < -0.4 is 4.90 Å². The summed E-state index contributed by atoms with van der Waals surface area (Å²) in [6, 6.07) is 0. The summed E-state index contributed by atoms with van der Waals surface area (Å²) in [5.41, 5.74) is 4.19. The fraction of sp³-hybridized carbons (Fsp3) is 0.273. The first-order chi connectivity index (χ1) is 8.59. The lowest BCUT2D eigenvalue weighted by atomic mass is 10.3. The number of fused-ring (bicyclic) bond motifs is 3. The summed E-state index contributed by atoms with van der Waals surface area (Å²) in [6.07, 6.45) is 1.71. The normalized spacial score (nSPS) is 11.3. The number of imidazole rings is 1. The molecule has 0 radical (unpaired) electrons. The van der Waals surface area contributed by atoms with E-state index >= 15 is 0 Å². The minimum absolute atomic E-state index is 0.0710. The molecule has 7 heteroatoms. The molecule has 0 aliphatic carbocycles. The van der Waals surface area contributed by atoms with Crippen LogP contribution >= 0.6 is 11.3 Å². The zero-order valence-corrected chi connectivity index (χ0v) is 11.0. The molecule has 0 aliphatic heterocycles. The third-order valence-electron chi connectivity index (χ3n) is 2.92. The monoisotopic (exact) mass is 261 g/mol. The Balaban J connectivity index is 2.45. The summed E-state index contributed by atoms with van der Waals surface area (Å²) < 4.78 is 1.90. The molecule has 3 aromatic rings. The van der Waals surface area contributed by atoms with E-state index in [0.717, 1.165) is 15.9 Å². The van der Waals surface area contributed by atoms with Gasteiger partial charge in [-0.3, -0.25) is 9.69 Å². The fourth-order valence-corrected chi connectivity index (χ4v) is 2.55. The highest BCUT2D eigenvalue weighted by Crippen LogP contribution is 2.30. The van der Waals surface area contributed by atoms with E-state index in [1.165, 1.54) is 23.2 Å². The van der Waals surface area contributed by atoms with Gasteiger partial charge in [-0.2, -0.15) is 0 Å². The number of anilines is 1. The van der Waals surface area contributed by atoms with Crippen molar-refractivity contribution < 1.29 is 4.79 Å². The molecule has 18 heavy (non-hydrogen) atoms. The Morgan fingerprint density at radius 1 is 1.39 bits per heavy atom. The summed E-state index contributed by atoms with van der Waals surface area (Å²) in [5, 5.41) is 0. The molecule has 0 saturated carbocycles. The van der Waals surface area contributed by atoms with E-state index in [1.807, 2.05) is 11.6 Å². The number of hydrogen-bond donors (Lipinski definition) is 0. The van der Waals surface area contributed by atoms with Gasteiger partial charge in [-0.05, 0) is 0 Å². The van der Waals surface area contributed by atoms with E-state index in [4.69, 9.17) is 0 Å². The second-order valence-corrected chi connectivity index (χ2v) is 4.91. The van der Waals surface area contributed by atoms with Crippen LogP contribution in [0.1, 0.15) is 6.92 Å². The average molecular weight is 261 g/mol. The largest absolute Gasteiger partial charge is 0.332 e. The van der Waals surface area contributed by atoms with Crippen molar-refractivity contribution in [3.8, 4) is 0 Å². The molecule has 1 amide bonds. The first-order valence-corrected chi connectivity index (χ1v) is 6.26. The highest BCUT2D eigenvalue weighted by molar-refractivity contribution is 7.16. The molecule has 0 N–H and O–H groups in total. The minimum Gasteiger partial charge on any atom is -0.332 e. The average Bonchev–Trinajstić information content (AvgIpc) is 2.93. The van der Waals surface area contributed by atoms with Crippen LogP contribution in [0.5, 0.6) is 0 Å². The van der Waals surface area contributed by atoms with Crippen molar-refractivity contribution in [1.29, 1.82) is 0 Å².